The van der Waals surface area contributed by atoms with E-state index < -0.39 is 0 Å². The van der Waals surface area contributed by atoms with E-state index >= 15 is 0 Å². The standard InChI is InChI=1S/C8H12N2O2/c1-6-7(3-10-12-6)11-8(2)4-9-5-8/h3,9H,4-5H2,1-2H3. The van der Waals surface area contributed by atoms with E-state index in [1.165, 1.54) is 0 Å². The van der Waals surface area contributed by atoms with E-state index in [0.29, 0.717) is 0 Å². The third-order valence-electron chi connectivity index (χ3n) is 2.06. The Hall–Kier alpha value is -1.03. The predicted octanol–water partition coefficient (Wildman–Crippen LogP) is 0.724. The average molecular weight is 168 g/mol. The molecule has 1 aliphatic rings. The molecule has 12 heavy (non-hydrogen) atoms. The van der Waals surface area contributed by atoms with Crippen molar-refractivity contribution in [3.05, 3.63) is 12.0 Å². The molecule has 4 nitrogen and oxygen atoms in total. The monoisotopic (exact) mass is 168 g/mol. The van der Waals surface area contributed by atoms with Crippen LogP contribution in [-0.2, 0) is 0 Å². The molecule has 1 aliphatic heterocycles. The maximum atomic E-state index is 5.69. The Morgan fingerprint density at radius 1 is 1.67 bits per heavy atom. The molecule has 0 aromatic carbocycles. The molecule has 0 radical (unpaired) electrons. The van der Waals surface area contributed by atoms with Crippen LogP contribution in [0.4, 0.5) is 0 Å². The summed E-state index contributed by atoms with van der Waals surface area (Å²) in [6, 6.07) is 0. The maximum Gasteiger partial charge on any atom is 0.182 e. The van der Waals surface area contributed by atoms with Crippen LogP contribution in [0.1, 0.15) is 12.7 Å². The van der Waals surface area contributed by atoms with Gasteiger partial charge in [0.25, 0.3) is 0 Å². The Balaban J connectivity index is 2.08. The highest BCUT2D eigenvalue weighted by atomic mass is 16.5. The second-order valence-electron chi connectivity index (χ2n) is 3.40. The van der Waals surface area contributed by atoms with Gasteiger partial charge in [-0.15, -0.1) is 0 Å². The van der Waals surface area contributed by atoms with Crippen LogP contribution < -0.4 is 10.1 Å². The second kappa shape index (κ2) is 2.48. The minimum absolute atomic E-state index is 0.0731. The van der Waals surface area contributed by atoms with Crippen LogP contribution in [0.3, 0.4) is 0 Å². The van der Waals surface area contributed by atoms with Gasteiger partial charge in [-0.2, -0.15) is 0 Å². The summed E-state index contributed by atoms with van der Waals surface area (Å²) in [7, 11) is 0. The van der Waals surface area contributed by atoms with Crippen molar-refractivity contribution in [2.45, 2.75) is 19.4 Å². The van der Waals surface area contributed by atoms with Crippen molar-refractivity contribution < 1.29 is 9.26 Å². The van der Waals surface area contributed by atoms with Gasteiger partial charge in [-0.05, 0) is 6.92 Å². The van der Waals surface area contributed by atoms with Gasteiger partial charge in [0.2, 0.25) is 0 Å². The van der Waals surface area contributed by atoms with E-state index in [-0.39, 0.29) is 5.60 Å². The molecule has 66 valence electrons. The smallest absolute Gasteiger partial charge is 0.182 e. The summed E-state index contributed by atoms with van der Waals surface area (Å²) in [5.74, 6) is 1.49. The van der Waals surface area contributed by atoms with E-state index in [4.69, 9.17) is 9.26 Å². The molecule has 0 bridgehead atoms. The van der Waals surface area contributed by atoms with Gasteiger partial charge in [-0.3, -0.25) is 0 Å². The molecule has 4 heteroatoms. The zero-order valence-electron chi connectivity index (χ0n) is 7.26. The molecule has 2 heterocycles. The molecule has 0 saturated carbocycles. The number of hydrogen-bond donors (Lipinski definition) is 1. The molecule has 0 unspecified atom stereocenters. The minimum Gasteiger partial charge on any atom is -0.479 e. The fraction of sp³-hybridized carbons (Fsp3) is 0.625. The molecule has 1 aromatic heterocycles. The Bertz CT molecular complexity index is 278. The molecule has 0 spiro atoms. The zero-order chi connectivity index (χ0) is 8.60. The largest absolute Gasteiger partial charge is 0.479 e. The van der Waals surface area contributed by atoms with E-state index in [0.717, 1.165) is 24.6 Å². The number of aromatic nitrogens is 1. The SMILES string of the molecule is Cc1oncc1OC1(C)CNC1. The molecular weight excluding hydrogens is 156 g/mol. The van der Waals surface area contributed by atoms with Crippen LogP contribution in [-0.4, -0.2) is 23.8 Å². The maximum absolute atomic E-state index is 5.69. The van der Waals surface area contributed by atoms with Crippen molar-refractivity contribution in [2.24, 2.45) is 0 Å². The summed E-state index contributed by atoms with van der Waals surface area (Å²) in [4.78, 5) is 0. The number of ether oxygens (including phenoxy) is 1. The normalized spacial score (nSPS) is 20.2. The third-order valence-corrected chi connectivity index (χ3v) is 2.06. The van der Waals surface area contributed by atoms with Gasteiger partial charge in [0.05, 0.1) is 0 Å². The summed E-state index contributed by atoms with van der Waals surface area (Å²) >= 11 is 0. The van der Waals surface area contributed by atoms with Gasteiger partial charge < -0.3 is 14.6 Å². The van der Waals surface area contributed by atoms with E-state index in [1.54, 1.807) is 6.20 Å². The van der Waals surface area contributed by atoms with Crippen LogP contribution in [0.15, 0.2) is 10.7 Å². The Kier molecular flexibility index (Phi) is 1.58. The lowest BCUT2D eigenvalue weighted by molar-refractivity contribution is 0.0333. The van der Waals surface area contributed by atoms with Crippen LogP contribution in [0.5, 0.6) is 5.75 Å². The number of hydrogen-bond acceptors (Lipinski definition) is 4. The summed E-state index contributed by atoms with van der Waals surface area (Å²) in [6.45, 7) is 5.68. The topological polar surface area (TPSA) is 47.3 Å². The molecule has 1 N–H and O–H groups in total. The Labute approximate surface area is 70.9 Å². The summed E-state index contributed by atoms with van der Waals surface area (Å²) < 4.78 is 10.6. The van der Waals surface area contributed by atoms with Crippen LogP contribution in [0, 0.1) is 6.92 Å². The molecule has 1 aromatic rings. The van der Waals surface area contributed by atoms with Crippen LogP contribution in [0.2, 0.25) is 0 Å². The first-order valence-electron chi connectivity index (χ1n) is 4.01. The molecular formula is C8H12N2O2. The second-order valence-corrected chi connectivity index (χ2v) is 3.40. The van der Waals surface area contributed by atoms with Crippen molar-refractivity contribution in [1.29, 1.82) is 0 Å². The van der Waals surface area contributed by atoms with Gasteiger partial charge in [-0.1, -0.05) is 5.16 Å². The first kappa shape index (κ1) is 7.61. The quantitative estimate of drug-likeness (QED) is 0.707. The molecule has 1 fully saturated rings. The van der Waals surface area contributed by atoms with Gasteiger partial charge in [0, 0.05) is 20.0 Å². The van der Waals surface area contributed by atoms with Crippen LogP contribution >= 0.6 is 0 Å². The summed E-state index contributed by atoms with van der Waals surface area (Å²) in [6.07, 6.45) is 1.61. The average Bonchev–Trinajstić information content (AvgIpc) is 2.34. The number of rotatable bonds is 2. The predicted molar refractivity (Wildman–Crippen MR) is 43.1 cm³/mol. The number of nitrogens with zero attached hydrogens (tertiary/aromatic N) is 1. The van der Waals surface area contributed by atoms with E-state index in [2.05, 4.69) is 17.4 Å². The Morgan fingerprint density at radius 3 is 2.83 bits per heavy atom. The summed E-state index contributed by atoms with van der Waals surface area (Å²) in [5.41, 5.74) is -0.0731. The lowest BCUT2D eigenvalue weighted by atomic mass is 10.00. The lowest BCUT2D eigenvalue weighted by Gasteiger charge is -2.38. The number of nitrogens with one attached hydrogen (secondary N) is 1. The lowest BCUT2D eigenvalue weighted by Crippen LogP contribution is -2.61. The zero-order valence-corrected chi connectivity index (χ0v) is 7.26. The first-order valence-corrected chi connectivity index (χ1v) is 4.01. The van der Waals surface area contributed by atoms with Crippen molar-refractivity contribution >= 4 is 0 Å². The molecule has 1 saturated heterocycles. The van der Waals surface area contributed by atoms with Crippen molar-refractivity contribution in [3.8, 4) is 5.75 Å². The molecule has 0 amide bonds. The Morgan fingerprint density at radius 2 is 2.42 bits per heavy atom. The van der Waals surface area contributed by atoms with Gasteiger partial charge in [-0.25, -0.2) is 0 Å². The molecule has 0 aliphatic carbocycles. The van der Waals surface area contributed by atoms with Gasteiger partial charge >= 0.3 is 0 Å². The molecule has 0 atom stereocenters. The van der Waals surface area contributed by atoms with Gasteiger partial charge in [0.15, 0.2) is 11.5 Å². The van der Waals surface area contributed by atoms with E-state index in [9.17, 15) is 0 Å². The van der Waals surface area contributed by atoms with Crippen LogP contribution in [0.25, 0.3) is 0 Å². The van der Waals surface area contributed by atoms with E-state index in [1.807, 2.05) is 6.92 Å². The minimum atomic E-state index is -0.0731. The fourth-order valence-electron chi connectivity index (χ4n) is 1.20. The van der Waals surface area contributed by atoms with Crippen molar-refractivity contribution in [3.63, 3.8) is 0 Å². The highest BCUT2D eigenvalue weighted by Gasteiger charge is 2.34. The van der Waals surface area contributed by atoms with Gasteiger partial charge in [0.1, 0.15) is 11.8 Å². The molecule has 2 rings (SSSR count). The summed E-state index contributed by atoms with van der Waals surface area (Å²) in [5, 5.41) is 6.80. The number of aryl methyl sites for hydroxylation is 1. The highest BCUT2D eigenvalue weighted by molar-refractivity contribution is 5.21. The first-order chi connectivity index (χ1) is 5.70. The third kappa shape index (κ3) is 1.18. The van der Waals surface area contributed by atoms with Crippen molar-refractivity contribution in [1.82, 2.24) is 10.5 Å². The highest BCUT2D eigenvalue weighted by Crippen LogP contribution is 2.24. The fourth-order valence-corrected chi connectivity index (χ4v) is 1.20. The van der Waals surface area contributed by atoms with Crippen molar-refractivity contribution in [2.75, 3.05) is 13.1 Å².